The topological polar surface area (TPSA) is 237 Å². The van der Waals surface area contributed by atoms with Crippen LogP contribution < -0.4 is 0 Å². The van der Waals surface area contributed by atoms with Crippen LogP contribution in [0.5, 0.6) is 0 Å². The van der Waals surface area contributed by atoms with Gasteiger partial charge in [-0.15, -0.1) is 0 Å². The number of aliphatic hydroxyl groups is 1. The number of aliphatic hydroxyl groups excluding tert-OH is 1. The predicted molar refractivity (Wildman–Crippen MR) is 409 cm³/mol. The summed E-state index contributed by atoms with van der Waals surface area (Å²) in [6, 6.07) is 0. The maximum Gasteiger partial charge on any atom is 0.472 e. The van der Waals surface area contributed by atoms with Crippen LogP contribution in [-0.4, -0.2) is 96.7 Å². The highest BCUT2D eigenvalue weighted by Crippen LogP contribution is 2.45. The lowest BCUT2D eigenvalue weighted by Gasteiger charge is -2.21. The number of esters is 4. The Kier molecular flexibility index (Phi) is 69.9. The van der Waals surface area contributed by atoms with Crippen LogP contribution in [0.2, 0.25) is 0 Å². The Morgan fingerprint density at radius 3 is 0.760 bits per heavy atom. The molecule has 0 spiro atoms. The van der Waals surface area contributed by atoms with E-state index in [0.29, 0.717) is 25.7 Å². The standard InChI is InChI=1S/C81H158O17P2/c1-8-10-11-12-38-48-55-62-78(83)91-68-76(97-81(86)65-58-51-44-37-31-25-27-33-40-46-53-60-73(5)6)70-95-99(87,88)93-66-75(82)67-94-100(89,90)96-71-77(69-92-79(84)63-56-49-42-35-29-23-20-19-21-26-32-39-45-52-59-72(3)4)98-80(85)64-57-50-43-36-30-24-18-16-14-13-15-17-22-28-34-41-47-54-61-74(7)9-2/h72-77,82H,8-71H2,1-7H3,(H,87,88)(H,89,90)/t74?,75-,76+,77+/m0/s1. The van der Waals surface area contributed by atoms with Crippen molar-refractivity contribution >= 4 is 39.5 Å². The van der Waals surface area contributed by atoms with E-state index < -0.39 is 97.5 Å². The van der Waals surface area contributed by atoms with Crippen LogP contribution in [0.3, 0.4) is 0 Å². The van der Waals surface area contributed by atoms with Crippen molar-refractivity contribution in [1.82, 2.24) is 0 Å². The van der Waals surface area contributed by atoms with Gasteiger partial charge in [0.1, 0.15) is 19.3 Å². The average Bonchev–Trinajstić information content (AvgIpc) is 0.942. The van der Waals surface area contributed by atoms with Crippen molar-refractivity contribution in [3.05, 3.63) is 0 Å². The van der Waals surface area contributed by atoms with Gasteiger partial charge in [0.05, 0.1) is 26.4 Å². The summed E-state index contributed by atoms with van der Waals surface area (Å²) in [4.78, 5) is 72.9. The van der Waals surface area contributed by atoms with Crippen LogP contribution >= 0.6 is 15.6 Å². The molecule has 0 fully saturated rings. The molecule has 0 aliphatic heterocycles. The summed E-state index contributed by atoms with van der Waals surface area (Å²) in [6.07, 6.45) is 59.8. The highest BCUT2D eigenvalue weighted by molar-refractivity contribution is 7.47. The van der Waals surface area contributed by atoms with E-state index in [1.807, 2.05) is 0 Å². The number of phosphoric acid groups is 2. The number of hydrogen-bond donors (Lipinski definition) is 3. The minimum atomic E-state index is -4.96. The third kappa shape index (κ3) is 73.0. The van der Waals surface area contributed by atoms with Crippen LogP contribution in [0, 0.1) is 17.8 Å². The minimum Gasteiger partial charge on any atom is -0.462 e. The largest absolute Gasteiger partial charge is 0.472 e. The average molecular weight is 1470 g/mol. The van der Waals surface area contributed by atoms with Crippen molar-refractivity contribution in [3.63, 3.8) is 0 Å². The molecule has 0 aliphatic carbocycles. The molecule has 594 valence electrons. The number of phosphoric ester groups is 2. The van der Waals surface area contributed by atoms with E-state index in [9.17, 15) is 43.2 Å². The third-order valence-electron chi connectivity index (χ3n) is 19.2. The summed E-state index contributed by atoms with van der Waals surface area (Å²) in [5.74, 6) is 0.320. The van der Waals surface area contributed by atoms with Crippen LogP contribution in [0.4, 0.5) is 0 Å². The second-order valence-electron chi connectivity index (χ2n) is 30.4. The maximum atomic E-state index is 13.1. The van der Waals surface area contributed by atoms with E-state index in [-0.39, 0.29) is 25.7 Å². The highest BCUT2D eigenvalue weighted by atomic mass is 31.2. The van der Waals surface area contributed by atoms with Crippen LogP contribution in [0.25, 0.3) is 0 Å². The number of carbonyl (C=O) groups is 4. The molecule has 0 bridgehead atoms. The molecule has 0 saturated carbocycles. The monoisotopic (exact) mass is 1470 g/mol. The minimum absolute atomic E-state index is 0.106. The van der Waals surface area contributed by atoms with Gasteiger partial charge in [0, 0.05) is 25.7 Å². The molecule has 100 heavy (non-hydrogen) atoms. The van der Waals surface area contributed by atoms with Gasteiger partial charge in [-0.25, -0.2) is 9.13 Å². The fraction of sp³-hybridized carbons (Fsp3) is 0.951. The molecular weight excluding hydrogens is 1310 g/mol. The van der Waals surface area contributed by atoms with Gasteiger partial charge in [0.25, 0.3) is 0 Å². The molecule has 0 amide bonds. The second kappa shape index (κ2) is 71.3. The van der Waals surface area contributed by atoms with Crippen molar-refractivity contribution in [2.45, 2.75) is 439 Å². The van der Waals surface area contributed by atoms with E-state index in [1.54, 1.807) is 0 Å². The van der Waals surface area contributed by atoms with Gasteiger partial charge in [-0.1, -0.05) is 370 Å². The highest BCUT2D eigenvalue weighted by Gasteiger charge is 2.30. The molecule has 0 rings (SSSR count). The first-order valence-electron chi connectivity index (χ1n) is 41.9. The summed E-state index contributed by atoms with van der Waals surface area (Å²) in [7, 11) is -9.91. The number of rotatable bonds is 79. The fourth-order valence-corrected chi connectivity index (χ4v) is 14.0. The van der Waals surface area contributed by atoms with E-state index in [4.69, 9.17) is 37.0 Å². The lowest BCUT2D eigenvalue weighted by Crippen LogP contribution is -2.30. The number of carbonyl (C=O) groups excluding carboxylic acids is 4. The number of ether oxygens (including phenoxy) is 4. The van der Waals surface area contributed by atoms with Crippen LogP contribution in [-0.2, 0) is 65.4 Å². The molecule has 19 heteroatoms. The normalized spacial score (nSPS) is 14.2. The Morgan fingerprint density at radius 1 is 0.290 bits per heavy atom. The Labute approximate surface area is 613 Å². The van der Waals surface area contributed by atoms with Crippen LogP contribution in [0.1, 0.15) is 421 Å². The first kappa shape index (κ1) is 98.1. The maximum absolute atomic E-state index is 13.1. The van der Waals surface area contributed by atoms with Crippen LogP contribution in [0.15, 0.2) is 0 Å². The molecular formula is C81H158O17P2. The Morgan fingerprint density at radius 2 is 0.510 bits per heavy atom. The first-order chi connectivity index (χ1) is 48.3. The second-order valence-corrected chi connectivity index (χ2v) is 33.3. The molecule has 17 nitrogen and oxygen atoms in total. The number of hydrogen-bond acceptors (Lipinski definition) is 15. The van der Waals surface area contributed by atoms with E-state index in [0.717, 1.165) is 120 Å². The van der Waals surface area contributed by atoms with Gasteiger partial charge in [-0.2, -0.15) is 0 Å². The van der Waals surface area contributed by atoms with Crippen molar-refractivity contribution in [3.8, 4) is 0 Å². The van der Waals surface area contributed by atoms with Gasteiger partial charge in [-0.05, 0) is 43.4 Å². The molecule has 6 atom stereocenters. The molecule has 0 aromatic rings. The Hall–Kier alpha value is -1.94. The van der Waals surface area contributed by atoms with Crippen molar-refractivity contribution in [1.29, 1.82) is 0 Å². The zero-order chi connectivity index (χ0) is 73.7. The Bertz CT molecular complexity index is 1940. The molecule has 0 heterocycles. The zero-order valence-electron chi connectivity index (χ0n) is 65.7. The summed E-state index contributed by atoms with van der Waals surface area (Å²) in [5, 5.41) is 10.6. The van der Waals surface area contributed by atoms with Crippen molar-refractivity contribution < 1.29 is 80.2 Å². The van der Waals surface area contributed by atoms with Gasteiger partial charge in [0.15, 0.2) is 12.2 Å². The fourth-order valence-electron chi connectivity index (χ4n) is 12.5. The predicted octanol–water partition coefficient (Wildman–Crippen LogP) is 24.1. The van der Waals surface area contributed by atoms with Gasteiger partial charge in [-0.3, -0.25) is 37.3 Å². The molecule has 0 aliphatic rings. The number of unbranched alkanes of at least 4 members (excludes halogenated alkanes) is 46. The first-order valence-corrected chi connectivity index (χ1v) is 44.9. The lowest BCUT2D eigenvalue weighted by molar-refractivity contribution is -0.161. The molecule has 0 aromatic carbocycles. The summed E-state index contributed by atoms with van der Waals surface area (Å²) in [6.45, 7) is 12.0. The molecule has 0 saturated heterocycles. The molecule has 0 aromatic heterocycles. The quantitative estimate of drug-likeness (QED) is 0.0222. The summed E-state index contributed by atoms with van der Waals surface area (Å²) in [5.41, 5.74) is 0. The zero-order valence-corrected chi connectivity index (χ0v) is 67.5. The third-order valence-corrected chi connectivity index (χ3v) is 21.1. The van der Waals surface area contributed by atoms with Gasteiger partial charge < -0.3 is 33.8 Å². The van der Waals surface area contributed by atoms with E-state index >= 15 is 0 Å². The van der Waals surface area contributed by atoms with E-state index in [2.05, 4.69) is 48.5 Å². The Balaban J connectivity index is 5.17. The SMILES string of the molecule is CCCCCCCCCC(=O)OC[C@H](COP(=O)(O)OC[C@H](O)COP(=O)(O)OC[C@@H](COC(=O)CCCCCCCCCCCCCCCCC(C)C)OC(=O)CCCCCCCCCCCCCCCCCCCCC(C)CC)OC(=O)CCCCCCCCCCCCCC(C)C. The van der Waals surface area contributed by atoms with Crippen molar-refractivity contribution in [2.24, 2.45) is 17.8 Å². The molecule has 3 N–H and O–H groups in total. The van der Waals surface area contributed by atoms with Crippen molar-refractivity contribution in [2.75, 3.05) is 39.6 Å². The molecule has 0 radical (unpaired) electrons. The van der Waals surface area contributed by atoms with Gasteiger partial charge >= 0.3 is 39.5 Å². The summed E-state index contributed by atoms with van der Waals surface area (Å²) < 4.78 is 68.6. The smallest absolute Gasteiger partial charge is 0.462 e. The van der Waals surface area contributed by atoms with E-state index in [1.165, 1.54) is 218 Å². The van der Waals surface area contributed by atoms with Gasteiger partial charge in [0.2, 0.25) is 0 Å². The summed E-state index contributed by atoms with van der Waals surface area (Å²) >= 11 is 0. The molecule has 3 unspecified atom stereocenters. The lowest BCUT2D eigenvalue weighted by atomic mass is 9.99.